The Morgan fingerprint density at radius 3 is 2.67 bits per heavy atom. The number of hydrogen-bond donors (Lipinski definition) is 1. The second-order valence-electron chi connectivity index (χ2n) is 10.3. The van der Waals surface area contributed by atoms with Gasteiger partial charge < -0.3 is 14.8 Å². The van der Waals surface area contributed by atoms with Gasteiger partial charge in [0.25, 0.3) is 0 Å². The summed E-state index contributed by atoms with van der Waals surface area (Å²) in [5.74, 6) is 0.531. The first-order chi connectivity index (χ1) is 20.4. The molecule has 1 N–H and O–H groups in total. The van der Waals surface area contributed by atoms with Crippen molar-refractivity contribution in [3.8, 4) is 5.75 Å². The summed E-state index contributed by atoms with van der Waals surface area (Å²) in [7, 11) is 0. The summed E-state index contributed by atoms with van der Waals surface area (Å²) in [6.45, 7) is 7.12. The molecule has 1 aromatic heterocycles. The summed E-state index contributed by atoms with van der Waals surface area (Å²) in [5, 5.41) is 10.5. The van der Waals surface area contributed by atoms with Crippen molar-refractivity contribution in [2.75, 3.05) is 46.0 Å². The van der Waals surface area contributed by atoms with Crippen molar-refractivity contribution < 1.29 is 19.1 Å². The molecule has 3 aromatic rings. The lowest BCUT2D eigenvalue weighted by molar-refractivity contribution is -0.133. The van der Waals surface area contributed by atoms with Gasteiger partial charge in [-0.15, -0.1) is 0 Å². The van der Waals surface area contributed by atoms with Gasteiger partial charge in [-0.3, -0.25) is 14.5 Å². The summed E-state index contributed by atoms with van der Waals surface area (Å²) in [4.78, 5) is 32.9. The standard InChI is InChI=1S/C31H35ClIN5O4/c1-2-42-24-11-8-22-18-25(31(32)35-26(22)19-24)28-20-27(21-6-9-23(33)10-7-21)36-38(28)30(40)5-3-4-29(39)34-12-13-37-14-16-41-17-15-37/h6-11,18-19,28H,2-5,12-17,20H2,1H3,(H,34,39). The predicted octanol–water partition coefficient (Wildman–Crippen LogP) is 5.19. The minimum atomic E-state index is -0.398. The van der Waals surface area contributed by atoms with E-state index in [9.17, 15) is 9.59 Å². The van der Waals surface area contributed by atoms with Crippen LogP contribution in [0.1, 0.15) is 49.8 Å². The Morgan fingerprint density at radius 2 is 1.90 bits per heavy atom. The third kappa shape index (κ3) is 7.77. The molecule has 1 saturated heterocycles. The molecule has 5 rings (SSSR count). The molecule has 3 heterocycles. The first kappa shape index (κ1) is 30.7. The highest BCUT2D eigenvalue weighted by Gasteiger charge is 2.34. The van der Waals surface area contributed by atoms with E-state index < -0.39 is 6.04 Å². The average molecular weight is 704 g/mol. The SMILES string of the molecule is CCOc1ccc2cc(C3CC(c4ccc(I)cc4)=NN3C(=O)CCCC(=O)NCCN3CCOCC3)c(Cl)nc2c1. The first-order valence-electron chi connectivity index (χ1n) is 14.4. The topological polar surface area (TPSA) is 96.4 Å². The zero-order valence-electron chi connectivity index (χ0n) is 23.7. The van der Waals surface area contributed by atoms with E-state index in [1.165, 1.54) is 5.01 Å². The largest absolute Gasteiger partial charge is 0.494 e. The third-order valence-corrected chi connectivity index (χ3v) is 8.45. The minimum Gasteiger partial charge on any atom is -0.494 e. The van der Waals surface area contributed by atoms with Crippen LogP contribution in [0.4, 0.5) is 0 Å². The monoisotopic (exact) mass is 703 g/mol. The van der Waals surface area contributed by atoms with Crippen LogP contribution in [0.2, 0.25) is 5.15 Å². The molecule has 11 heteroatoms. The van der Waals surface area contributed by atoms with E-state index in [-0.39, 0.29) is 24.7 Å². The molecular formula is C31H35ClIN5O4. The quantitative estimate of drug-likeness (QED) is 0.218. The summed E-state index contributed by atoms with van der Waals surface area (Å²) in [6, 6.07) is 15.4. The van der Waals surface area contributed by atoms with Crippen LogP contribution in [0, 0.1) is 3.57 Å². The summed E-state index contributed by atoms with van der Waals surface area (Å²) >= 11 is 9.01. The first-order valence-corrected chi connectivity index (χ1v) is 15.8. The minimum absolute atomic E-state index is 0.0506. The zero-order chi connectivity index (χ0) is 29.5. The van der Waals surface area contributed by atoms with Crippen LogP contribution in [0.5, 0.6) is 5.75 Å². The van der Waals surface area contributed by atoms with Gasteiger partial charge in [-0.05, 0) is 71.8 Å². The fraction of sp³-hybridized carbons (Fsp3) is 0.419. The normalized spacial score (nSPS) is 17.4. The fourth-order valence-electron chi connectivity index (χ4n) is 5.21. The summed E-state index contributed by atoms with van der Waals surface area (Å²) < 4.78 is 12.1. The molecule has 9 nitrogen and oxygen atoms in total. The molecule has 222 valence electrons. The highest BCUT2D eigenvalue weighted by molar-refractivity contribution is 14.1. The second-order valence-corrected chi connectivity index (χ2v) is 11.9. The number of aromatic nitrogens is 1. The second kappa shape index (κ2) is 14.6. The highest BCUT2D eigenvalue weighted by Crippen LogP contribution is 2.38. The van der Waals surface area contributed by atoms with Crippen LogP contribution in [0.3, 0.4) is 0 Å². The van der Waals surface area contributed by atoms with Crippen LogP contribution in [-0.2, 0) is 14.3 Å². The number of nitrogens with zero attached hydrogens (tertiary/aromatic N) is 4. The number of halogens is 2. The van der Waals surface area contributed by atoms with Crippen molar-refractivity contribution in [2.45, 2.75) is 38.6 Å². The van der Waals surface area contributed by atoms with Crippen molar-refractivity contribution in [3.63, 3.8) is 0 Å². The molecule has 2 aromatic carbocycles. The summed E-state index contributed by atoms with van der Waals surface area (Å²) in [5.41, 5.74) is 3.24. The Labute approximate surface area is 264 Å². The number of morpholine rings is 1. The van der Waals surface area contributed by atoms with E-state index in [1.807, 2.05) is 55.5 Å². The lowest BCUT2D eigenvalue weighted by Crippen LogP contribution is -2.41. The van der Waals surface area contributed by atoms with E-state index in [0.29, 0.717) is 31.1 Å². The van der Waals surface area contributed by atoms with Gasteiger partial charge in [0.2, 0.25) is 11.8 Å². The van der Waals surface area contributed by atoms with Crippen LogP contribution < -0.4 is 10.1 Å². The van der Waals surface area contributed by atoms with Crippen LogP contribution in [-0.4, -0.2) is 78.4 Å². The number of hydrogen-bond acceptors (Lipinski definition) is 7. The lowest BCUT2D eigenvalue weighted by Gasteiger charge is -2.26. The van der Waals surface area contributed by atoms with Crippen LogP contribution in [0.15, 0.2) is 53.6 Å². The number of nitrogens with one attached hydrogen (secondary N) is 1. The molecule has 1 atom stereocenters. The zero-order valence-corrected chi connectivity index (χ0v) is 26.6. The maximum atomic E-state index is 13.5. The van der Waals surface area contributed by atoms with Gasteiger partial charge in [0.05, 0.1) is 37.1 Å². The van der Waals surface area contributed by atoms with Crippen molar-refractivity contribution in [2.24, 2.45) is 5.10 Å². The molecule has 42 heavy (non-hydrogen) atoms. The Bertz CT molecular complexity index is 1450. The van der Waals surface area contributed by atoms with E-state index in [0.717, 1.165) is 69.9 Å². The maximum absolute atomic E-state index is 13.5. The predicted molar refractivity (Wildman–Crippen MR) is 172 cm³/mol. The Hall–Kier alpha value is -2.80. The van der Waals surface area contributed by atoms with E-state index in [4.69, 9.17) is 26.2 Å². The fourth-order valence-corrected chi connectivity index (χ4v) is 5.84. The van der Waals surface area contributed by atoms with Crippen molar-refractivity contribution in [3.05, 3.63) is 68.4 Å². The van der Waals surface area contributed by atoms with Crippen molar-refractivity contribution in [1.82, 2.24) is 20.2 Å². The number of ether oxygens (including phenoxy) is 2. The number of carbonyl (C=O) groups excluding carboxylic acids is 2. The van der Waals surface area contributed by atoms with E-state index in [1.54, 1.807) is 0 Å². The molecule has 0 bridgehead atoms. The molecular weight excluding hydrogens is 669 g/mol. The number of amides is 2. The number of carbonyl (C=O) groups is 2. The van der Waals surface area contributed by atoms with Gasteiger partial charge >= 0.3 is 0 Å². The van der Waals surface area contributed by atoms with Crippen molar-refractivity contribution in [1.29, 1.82) is 0 Å². The highest BCUT2D eigenvalue weighted by atomic mass is 127. The number of hydrazone groups is 1. The molecule has 0 aliphatic carbocycles. The average Bonchev–Trinajstić information content (AvgIpc) is 3.43. The summed E-state index contributed by atoms with van der Waals surface area (Å²) in [6.07, 6.45) is 1.43. The maximum Gasteiger partial charge on any atom is 0.243 e. The molecule has 0 radical (unpaired) electrons. The van der Waals surface area contributed by atoms with Gasteiger partial charge in [-0.25, -0.2) is 9.99 Å². The molecule has 0 spiro atoms. The molecule has 2 aliphatic heterocycles. The third-order valence-electron chi connectivity index (χ3n) is 7.43. The Balaban J connectivity index is 1.27. The molecule has 2 aliphatic rings. The van der Waals surface area contributed by atoms with E-state index >= 15 is 0 Å². The van der Waals surface area contributed by atoms with Crippen LogP contribution >= 0.6 is 34.2 Å². The smallest absolute Gasteiger partial charge is 0.243 e. The van der Waals surface area contributed by atoms with Gasteiger partial charge in [0, 0.05) is 66.0 Å². The lowest BCUT2D eigenvalue weighted by atomic mass is 9.98. The van der Waals surface area contributed by atoms with E-state index in [2.05, 4.69) is 37.8 Å². The molecule has 2 amide bonds. The number of benzene rings is 2. The molecule has 1 fully saturated rings. The number of fused-ring (bicyclic) bond motifs is 1. The molecule has 1 unspecified atom stereocenters. The van der Waals surface area contributed by atoms with Gasteiger partial charge in [0.15, 0.2) is 0 Å². The number of pyridine rings is 1. The van der Waals surface area contributed by atoms with Gasteiger partial charge in [-0.2, -0.15) is 5.10 Å². The van der Waals surface area contributed by atoms with Gasteiger partial charge in [-0.1, -0.05) is 23.7 Å². The van der Waals surface area contributed by atoms with Crippen molar-refractivity contribution >= 4 is 62.6 Å². The van der Waals surface area contributed by atoms with Gasteiger partial charge in [0.1, 0.15) is 10.9 Å². The van der Waals surface area contributed by atoms with Crippen LogP contribution in [0.25, 0.3) is 10.9 Å². The molecule has 0 saturated carbocycles. The Morgan fingerprint density at radius 1 is 1.12 bits per heavy atom. The number of rotatable bonds is 11. The Kier molecular flexibility index (Phi) is 10.6.